The highest BCUT2D eigenvalue weighted by Crippen LogP contribution is 2.32. The standard InChI is InChI=1S/C10H14F2N2O2/c1-2-16-9(15)10(8(11)12)5-6-14(13-10)7-3-4-7/h5-8,13H,2-4H2,1H3. The van der Waals surface area contributed by atoms with Crippen LogP contribution in [-0.4, -0.2) is 35.6 Å². The van der Waals surface area contributed by atoms with Gasteiger partial charge < -0.3 is 9.75 Å². The molecule has 1 saturated carbocycles. The molecule has 0 spiro atoms. The first-order chi connectivity index (χ1) is 7.60. The predicted molar refractivity (Wildman–Crippen MR) is 52.5 cm³/mol. The van der Waals surface area contributed by atoms with Crippen LogP contribution in [0.15, 0.2) is 12.3 Å². The van der Waals surface area contributed by atoms with Crippen LogP contribution in [0.1, 0.15) is 19.8 Å². The Bertz CT molecular complexity index is 318. The maximum absolute atomic E-state index is 13.0. The molecule has 16 heavy (non-hydrogen) atoms. The van der Waals surface area contributed by atoms with Gasteiger partial charge in [0.1, 0.15) is 0 Å². The molecule has 0 radical (unpaired) electrons. The quantitative estimate of drug-likeness (QED) is 0.736. The van der Waals surface area contributed by atoms with Crippen LogP contribution < -0.4 is 5.43 Å². The zero-order valence-corrected chi connectivity index (χ0v) is 8.95. The summed E-state index contributed by atoms with van der Waals surface area (Å²) in [5, 5.41) is 1.57. The number of nitrogens with zero attached hydrogens (tertiary/aromatic N) is 1. The molecule has 1 fully saturated rings. The van der Waals surface area contributed by atoms with Gasteiger partial charge in [0.25, 0.3) is 6.43 Å². The normalized spacial score (nSPS) is 28.9. The third-order valence-corrected chi connectivity index (χ3v) is 2.71. The number of esters is 1. The van der Waals surface area contributed by atoms with Crippen molar-refractivity contribution in [1.82, 2.24) is 10.4 Å². The van der Waals surface area contributed by atoms with Crippen LogP contribution in [0.25, 0.3) is 0 Å². The number of hydrazine groups is 1. The van der Waals surface area contributed by atoms with Crippen molar-refractivity contribution < 1.29 is 18.3 Å². The topological polar surface area (TPSA) is 41.6 Å². The molecule has 1 N–H and O–H groups in total. The fourth-order valence-corrected chi connectivity index (χ4v) is 1.63. The highest BCUT2D eigenvalue weighted by Gasteiger charge is 2.52. The summed E-state index contributed by atoms with van der Waals surface area (Å²) >= 11 is 0. The molecule has 1 heterocycles. The average Bonchev–Trinajstić information content (AvgIpc) is 2.98. The Morgan fingerprint density at radius 2 is 2.38 bits per heavy atom. The number of alkyl halides is 2. The zero-order chi connectivity index (χ0) is 11.8. The Balaban J connectivity index is 2.12. The van der Waals surface area contributed by atoms with Gasteiger partial charge in [0, 0.05) is 12.2 Å². The van der Waals surface area contributed by atoms with Crippen molar-refractivity contribution in [2.45, 2.75) is 37.8 Å². The van der Waals surface area contributed by atoms with Crippen molar-refractivity contribution in [1.29, 1.82) is 0 Å². The Morgan fingerprint density at radius 1 is 1.69 bits per heavy atom. The van der Waals surface area contributed by atoms with E-state index in [1.807, 2.05) is 0 Å². The summed E-state index contributed by atoms with van der Waals surface area (Å²) in [4.78, 5) is 11.6. The molecule has 0 aromatic carbocycles. The molecule has 0 bridgehead atoms. The van der Waals surface area contributed by atoms with Crippen LogP contribution in [0.2, 0.25) is 0 Å². The number of halogens is 2. The van der Waals surface area contributed by atoms with E-state index in [2.05, 4.69) is 10.2 Å². The second-order valence-electron chi connectivity index (χ2n) is 3.96. The van der Waals surface area contributed by atoms with E-state index in [0.29, 0.717) is 0 Å². The SMILES string of the molecule is CCOC(=O)C1(C(F)F)C=CN(C2CC2)N1. The van der Waals surface area contributed by atoms with Crippen molar-refractivity contribution in [3.05, 3.63) is 12.3 Å². The molecule has 4 nitrogen and oxygen atoms in total. The molecule has 0 amide bonds. The van der Waals surface area contributed by atoms with Crippen LogP contribution in [0.4, 0.5) is 8.78 Å². The minimum atomic E-state index is -2.83. The van der Waals surface area contributed by atoms with Gasteiger partial charge in [-0.25, -0.2) is 19.0 Å². The summed E-state index contributed by atoms with van der Waals surface area (Å²) in [5.41, 5.74) is 0.547. The van der Waals surface area contributed by atoms with Gasteiger partial charge in [0.2, 0.25) is 5.54 Å². The Hall–Kier alpha value is -1.17. The van der Waals surface area contributed by atoms with Gasteiger partial charge in [-0.1, -0.05) is 0 Å². The molecular formula is C10H14F2N2O2. The van der Waals surface area contributed by atoms with E-state index < -0.39 is 17.9 Å². The van der Waals surface area contributed by atoms with Gasteiger partial charge in [-0.2, -0.15) is 0 Å². The third-order valence-electron chi connectivity index (χ3n) is 2.71. The average molecular weight is 232 g/mol. The monoisotopic (exact) mass is 232 g/mol. The number of hydrogen-bond donors (Lipinski definition) is 1. The number of rotatable bonds is 4. The van der Waals surface area contributed by atoms with Gasteiger partial charge in [0.15, 0.2) is 0 Å². The van der Waals surface area contributed by atoms with Crippen molar-refractivity contribution in [2.24, 2.45) is 0 Å². The molecule has 2 rings (SSSR count). The van der Waals surface area contributed by atoms with E-state index in [4.69, 9.17) is 0 Å². The molecule has 6 heteroatoms. The summed E-state index contributed by atoms with van der Waals surface area (Å²) in [7, 11) is 0. The Kier molecular flexibility index (Phi) is 2.84. The lowest BCUT2D eigenvalue weighted by Crippen LogP contribution is -2.58. The first-order valence-electron chi connectivity index (χ1n) is 5.31. The van der Waals surface area contributed by atoms with Crippen LogP contribution in [0, 0.1) is 0 Å². The number of ether oxygens (including phenoxy) is 1. The maximum Gasteiger partial charge on any atom is 0.338 e. The van der Waals surface area contributed by atoms with Gasteiger partial charge in [0.05, 0.1) is 6.61 Å². The Morgan fingerprint density at radius 3 is 2.88 bits per heavy atom. The lowest BCUT2D eigenvalue weighted by atomic mass is 10.0. The van der Waals surface area contributed by atoms with Crippen molar-refractivity contribution in [2.75, 3.05) is 6.61 Å². The molecule has 90 valence electrons. The lowest BCUT2D eigenvalue weighted by molar-refractivity contribution is -0.156. The van der Waals surface area contributed by atoms with Crippen molar-refractivity contribution >= 4 is 5.97 Å². The van der Waals surface area contributed by atoms with Gasteiger partial charge in [-0.3, -0.25) is 0 Å². The fraction of sp³-hybridized carbons (Fsp3) is 0.700. The van der Waals surface area contributed by atoms with E-state index in [-0.39, 0.29) is 12.6 Å². The number of nitrogens with one attached hydrogen (secondary N) is 1. The minimum absolute atomic E-state index is 0.0895. The zero-order valence-electron chi connectivity index (χ0n) is 8.95. The first kappa shape index (κ1) is 11.3. The van der Waals surface area contributed by atoms with Gasteiger partial charge in [-0.05, 0) is 25.8 Å². The summed E-state index contributed by atoms with van der Waals surface area (Å²) in [5.74, 6) is -0.926. The predicted octanol–water partition coefficient (Wildman–Crippen LogP) is 1.05. The first-order valence-corrected chi connectivity index (χ1v) is 5.31. The van der Waals surface area contributed by atoms with E-state index in [1.54, 1.807) is 11.9 Å². The second kappa shape index (κ2) is 4.01. The molecule has 1 unspecified atom stereocenters. The van der Waals surface area contributed by atoms with E-state index in [9.17, 15) is 13.6 Å². The highest BCUT2D eigenvalue weighted by molar-refractivity contribution is 5.84. The van der Waals surface area contributed by atoms with Gasteiger partial charge in [-0.15, -0.1) is 0 Å². The molecule has 0 aromatic heterocycles. The second-order valence-corrected chi connectivity index (χ2v) is 3.96. The maximum atomic E-state index is 13.0. The third kappa shape index (κ3) is 1.77. The largest absolute Gasteiger partial charge is 0.464 e. The summed E-state index contributed by atoms with van der Waals surface area (Å²) in [6.45, 7) is 1.68. The van der Waals surface area contributed by atoms with E-state index >= 15 is 0 Å². The van der Waals surface area contributed by atoms with Crippen molar-refractivity contribution in [3.8, 4) is 0 Å². The fourth-order valence-electron chi connectivity index (χ4n) is 1.63. The molecule has 2 aliphatic rings. The highest BCUT2D eigenvalue weighted by atomic mass is 19.3. The van der Waals surface area contributed by atoms with E-state index in [0.717, 1.165) is 12.8 Å². The number of hydrogen-bond acceptors (Lipinski definition) is 4. The van der Waals surface area contributed by atoms with Crippen molar-refractivity contribution in [3.63, 3.8) is 0 Å². The molecular weight excluding hydrogens is 218 g/mol. The summed E-state index contributed by atoms with van der Waals surface area (Å²) < 4.78 is 30.6. The molecule has 0 aromatic rings. The van der Waals surface area contributed by atoms with E-state index in [1.165, 1.54) is 12.3 Å². The smallest absolute Gasteiger partial charge is 0.338 e. The number of carbonyl (C=O) groups is 1. The van der Waals surface area contributed by atoms with Crippen LogP contribution in [-0.2, 0) is 9.53 Å². The molecule has 1 aliphatic heterocycles. The summed E-state index contributed by atoms with van der Waals surface area (Å²) in [6, 6.07) is 0.228. The molecule has 1 atom stereocenters. The lowest BCUT2D eigenvalue weighted by Gasteiger charge is -2.28. The Labute approximate surface area is 92.2 Å². The minimum Gasteiger partial charge on any atom is -0.464 e. The van der Waals surface area contributed by atoms with Crippen LogP contribution in [0.5, 0.6) is 0 Å². The van der Waals surface area contributed by atoms with Crippen LogP contribution in [0.3, 0.4) is 0 Å². The summed E-state index contributed by atoms with van der Waals surface area (Å²) in [6.07, 6.45) is 1.78. The van der Waals surface area contributed by atoms with Crippen LogP contribution >= 0.6 is 0 Å². The molecule has 0 saturated heterocycles. The number of carbonyl (C=O) groups excluding carboxylic acids is 1. The van der Waals surface area contributed by atoms with Gasteiger partial charge >= 0.3 is 5.97 Å². The molecule has 1 aliphatic carbocycles.